The molecule has 0 aliphatic carbocycles. The van der Waals surface area contributed by atoms with Crippen LogP contribution < -0.4 is 16.2 Å². The van der Waals surface area contributed by atoms with Gasteiger partial charge in [-0.25, -0.2) is 9.78 Å². The standard InChI is InChI=1S/C22H22N4O4/c1-12-8-18-19-15(10-26(18)21(27)16(12)11-30-22(28)29)20(25-6-2-3-7-25)14-9-13(23)4-5-17(14)24-19/h4-5,8-9H,2-3,6-7,10-11,23H2,1H3,(H,28,29). The lowest BCUT2D eigenvalue weighted by atomic mass is 10.0. The van der Waals surface area contributed by atoms with Gasteiger partial charge < -0.3 is 25.0 Å². The second-order valence-corrected chi connectivity index (χ2v) is 7.90. The number of aryl methyl sites for hydroxylation is 1. The zero-order valence-electron chi connectivity index (χ0n) is 16.6. The molecule has 5 rings (SSSR count). The zero-order chi connectivity index (χ0) is 21.0. The number of nitrogen functional groups attached to an aromatic ring is 1. The third-order valence-corrected chi connectivity index (χ3v) is 6.02. The molecule has 8 heteroatoms. The Morgan fingerprint density at radius 3 is 2.77 bits per heavy atom. The molecule has 3 aromatic rings. The van der Waals surface area contributed by atoms with Crippen molar-refractivity contribution in [3.63, 3.8) is 0 Å². The van der Waals surface area contributed by atoms with Gasteiger partial charge in [0.1, 0.15) is 6.61 Å². The minimum atomic E-state index is -1.40. The molecule has 2 aromatic heterocycles. The molecule has 0 saturated carbocycles. The van der Waals surface area contributed by atoms with E-state index in [0.29, 0.717) is 23.4 Å². The number of ether oxygens (including phenoxy) is 1. The van der Waals surface area contributed by atoms with E-state index in [1.54, 1.807) is 11.5 Å². The number of nitrogens with zero attached hydrogens (tertiary/aromatic N) is 3. The molecule has 0 spiro atoms. The summed E-state index contributed by atoms with van der Waals surface area (Å²) in [5.41, 5.74) is 12.1. The molecule has 4 heterocycles. The number of hydrogen-bond acceptors (Lipinski definition) is 6. The predicted molar refractivity (Wildman–Crippen MR) is 114 cm³/mol. The van der Waals surface area contributed by atoms with Gasteiger partial charge in [-0.05, 0) is 49.6 Å². The average molecular weight is 406 g/mol. The molecule has 1 fully saturated rings. The van der Waals surface area contributed by atoms with Crippen LogP contribution in [-0.4, -0.2) is 33.9 Å². The van der Waals surface area contributed by atoms with Crippen LogP contribution in [0, 0.1) is 6.92 Å². The van der Waals surface area contributed by atoms with Crippen LogP contribution in [0.3, 0.4) is 0 Å². The monoisotopic (exact) mass is 406 g/mol. The number of hydrogen-bond donors (Lipinski definition) is 2. The smallest absolute Gasteiger partial charge is 0.450 e. The quantitative estimate of drug-likeness (QED) is 0.397. The van der Waals surface area contributed by atoms with Crippen LogP contribution in [0.25, 0.3) is 22.3 Å². The Balaban J connectivity index is 1.73. The fraction of sp³-hybridized carbons (Fsp3) is 0.318. The topological polar surface area (TPSA) is 111 Å². The van der Waals surface area contributed by atoms with Crippen LogP contribution in [0.5, 0.6) is 0 Å². The predicted octanol–water partition coefficient (Wildman–Crippen LogP) is 3.11. The van der Waals surface area contributed by atoms with E-state index in [4.69, 9.17) is 15.8 Å². The average Bonchev–Trinajstić information content (AvgIpc) is 3.34. The third kappa shape index (κ3) is 2.79. The first-order chi connectivity index (χ1) is 14.4. The Kier molecular flexibility index (Phi) is 4.16. The lowest BCUT2D eigenvalue weighted by molar-refractivity contribution is 0.0848. The van der Waals surface area contributed by atoms with Gasteiger partial charge in [0.2, 0.25) is 0 Å². The Morgan fingerprint density at radius 1 is 1.27 bits per heavy atom. The zero-order valence-corrected chi connectivity index (χ0v) is 16.6. The van der Waals surface area contributed by atoms with Gasteiger partial charge in [-0.1, -0.05) is 0 Å². The molecule has 0 bridgehead atoms. The normalized spacial score (nSPS) is 14.8. The van der Waals surface area contributed by atoms with E-state index in [0.717, 1.165) is 59.5 Å². The number of carboxylic acid groups (broad SMARTS) is 1. The van der Waals surface area contributed by atoms with Crippen LogP contribution in [0.2, 0.25) is 0 Å². The van der Waals surface area contributed by atoms with E-state index < -0.39 is 6.16 Å². The second kappa shape index (κ2) is 6.76. The van der Waals surface area contributed by atoms with Crippen LogP contribution in [-0.2, 0) is 17.9 Å². The molecule has 30 heavy (non-hydrogen) atoms. The summed E-state index contributed by atoms with van der Waals surface area (Å²) in [6.45, 7) is 3.85. The van der Waals surface area contributed by atoms with Crippen molar-refractivity contribution in [2.45, 2.75) is 32.9 Å². The third-order valence-electron chi connectivity index (χ3n) is 6.02. The first-order valence-corrected chi connectivity index (χ1v) is 10.0. The maximum Gasteiger partial charge on any atom is 0.506 e. The van der Waals surface area contributed by atoms with Gasteiger partial charge in [-0.15, -0.1) is 0 Å². The number of carbonyl (C=O) groups is 1. The van der Waals surface area contributed by atoms with Gasteiger partial charge in [0, 0.05) is 29.7 Å². The summed E-state index contributed by atoms with van der Waals surface area (Å²) < 4.78 is 6.35. The van der Waals surface area contributed by atoms with E-state index in [2.05, 4.69) is 9.64 Å². The van der Waals surface area contributed by atoms with Gasteiger partial charge in [-0.2, -0.15) is 0 Å². The highest BCUT2D eigenvalue weighted by atomic mass is 16.7. The summed E-state index contributed by atoms with van der Waals surface area (Å²) in [5.74, 6) is 0. The molecule has 8 nitrogen and oxygen atoms in total. The summed E-state index contributed by atoms with van der Waals surface area (Å²) in [6, 6.07) is 7.62. The van der Waals surface area contributed by atoms with Gasteiger partial charge in [0.15, 0.2) is 0 Å². The molecular formula is C22H22N4O4. The highest BCUT2D eigenvalue weighted by molar-refractivity contribution is 5.99. The van der Waals surface area contributed by atoms with Gasteiger partial charge in [-0.3, -0.25) is 4.79 Å². The highest BCUT2D eigenvalue weighted by Crippen LogP contribution is 2.42. The molecule has 154 valence electrons. The molecular weight excluding hydrogens is 384 g/mol. The molecule has 0 amide bonds. The van der Waals surface area contributed by atoms with Crippen molar-refractivity contribution < 1.29 is 14.6 Å². The van der Waals surface area contributed by atoms with Crippen LogP contribution in [0.1, 0.15) is 29.5 Å². The molecule has 0 unspecified atom stereocenters. The summed E-state index contributed by atoms with van der Waals surface area (Å²) in [5, 5.41) is 9.83. The van der Waals surface area contributed by atoms with Crippen molar-refractivity contribution in [1.29, 1.82) is 0 Å². The van der Waals surface area contributed by atoms with Crippen LogP contribution >= 0.6 is 0 Å². The van der Waals surface area contributed by atoms with Crippen molar-refractivity contribution in [2.75, 3.05) is 23.7 Å². The first-order valence-electron chi connectivity index (χ1n) is 10.0. The molecule has 0 radical (unpaired) electrons. The van der Waals surface area contributed by atoms with Crippen LogP contribution in [0.4, 0.5) is 16.2 Å². The maximum atomic E-state index is 13.2. The summed E-state index contributed by atoms with van der Waals surface area (Å²) in [4.78, 5) is 31.2. The van der Waals surface area contributed by atoms with Crippen molar-refractivity contribution in [3.8, 4) is 11.4 Å². The van der Waals surface area contributed by atoms with Gasteiger partial charge in [0.05, 0.1) is 34.7 Å². The Labute approximate surface area is 172 Å². The SMILES string of the molecule is Cc1cc2n(c(=O)c1COC(=O)O)Cc1c-2nc2ccc(N)cc2c1N1CCCC1. The van der Waals surface area contributed by atoms with E-state index in [9.17, 15) is 9.59 Å². The number of fused-ring (bicyclic) bond motifs is 4. The van der Waals surface area contributed by atoms with Crippen molar-refractivity contribution in [1.82, 2.24) is 9.55 Å². The Morgan fingerprint density at radius 2 is 2.03 bits per heavy atom. The lowest BCUT2D eigenvalue weighted by Gasteiger charge is -2.23. The van der Waals surface area contributed by atoms with E-state index in [1.807, 2.05) is 24.3 Å². The molecule has 1 aromatic carbocycles. The van der Waals surface area contributed by atoms with E-state index >= 15 is 0 Å². The van der Waals surface area contributed by atoms with Crippen molar-refractivity contribution >= 4 is 28.4 Å². The number of rotatable bonds is 3. The number of pyridine rings is 2. The molecule has 3 N–H and O–H groups in total. The Bertz CT molecular complexity index is 1260. The maximum absolute atomic E-state index is 13.2. The summed E-state index contributed by atoms with van der Waals surface area (Å²) in [6.07, 6.45) is 0.858. The molecule has 2 aliphatic heterocycles. The van der Waals surface area contributed by atoms with E-state index in [-0.39, 0.29) is 12.2 Å². The second-order valence-electron chi connectivity index (χ2n) is 7.90. The molecule has 2 aliphatic rings. The first kappa shape index (κ1) is 18.5. The van der Waals surface area contributed by atoms with E-state index in [1.165, 1.54) is 0 Å². The fourth-order valence-electron chi connectivity index (χ4n) is 4.60. The number of nitrogens with two attached hydrogens (primary N) is 1. The van der Waals surface area contributed by atoms with Crippen molar-refractivity contribution in [2.24, 2.45) is 0 Å². The van der Waals surface area contributed by atoms with Crippen LogP contribution in [0.15, 0.2) is 29.1 Å². The summed E-state index contributed by atoms with van der Waals surface area (Å²) >= 11 is 0. The lowest BCUT2D eigenvalue weighted by Crippen LogP contribution is -2.25. The van der Waals surface area contributed by atoms with Gasteiger partial charge >= 0.3 is 6.16 Å². The highest BCUT2D eigenvalue weighted by Gasteiger charge is 2.30. The minimum Gasteiger partial charge on any atom is -0.450 e. The number of anilines is 2. The minimum absolute atomic E-state index is 0.236. The largest absolute Gasteiger partial charge is 0.506 e. The molecule has 0 atom stereocenters. The fourth-order valence-corrected chi connectivity index (χ4v) is 4.60. The Hall–Kier alpha value is -3.55. The summed E-state index contributed by atoms with van der Waals surface area (Å²) in [7, 11) is 0. The van der Waals surface area contributed by atoms with Gasteiger partial charge in [0.25, 0.3) is 5.56 Å². The number of benzene rings is 1. The molecule has 1 saturated heterocycles. The van der Waals surface area contributed by atoms with Crippen molar-refractivity contribution in [3.05, 3.63) is 51.3 Å². The number of aromatic nitrogens is 2.